The lowest BCUT2D eigenvalue weighted by atomic mass is 9.84. The highest BCUT2D eigenvalue weighted by atomic mass is 15.3. The fourth-order valence-electron chi connectivity index (χ4n) is 19.3. The lowest BCUT2D eigenvalue weighted by Gasteiger charge is -2.19. The molecule has 0 aliphatic rings. The van der Waals surface area contributed by atoms with Crippen molar-refractivity contribution < 1.29 is 0 Å². The Morgan fingerprint density at radius 3 is 0.568 bits per heavy atom. The van der Waals surface area contributed by atoms with Crippen molar-refractivity contribution in [3.63, 3.8) is 0 Å². The van der Waals surface area contributed by atoms with Gasteiger partial charge in [0.25, 0.3) is 0 Å². The zero-order valence-corrected chi connectivity index (χ0v) is 59.8. The van der Waals surface area contributed by atoms with Crippen LogP contribution in [-0.4, -0.2) is 28.2 Å². The summed E-state index contributed by atoms with van der Waals surface area (Å²) in [5, 5.41) is 27.7. The van der Waals surface area contributed by atoms with Gasteiger partial charge in [0, 0.05) is 16.2 Å². The smallest absolute Gasteiger partial charge is 0.225 e. The highest BCUT2D eigenvalue weighted by Crippen LogP contribution is 2.53. The Morgan fingerprint density at radius 1 is 0.153 bits per heavy atom. The number of fused-ring (bicyclic) bond motifs is 27. The first-order chi connectivity index (χ1) is 55.0. The van der Waals surface area contributed by atoms with E-state index in [1.165, 1.54) is 80.8 Å². The zero-order chi connectivity index (χ0) is 72.3. The molecule has 0 N–H and O–H groups in total. The molecule has 21 aromatic carbocycles. The standard InChI is InChI=1S/C105H60N6/c1-7-25-67-55-73(43-37-61(67)19-1)91-79-31-13-16-34-82(79)94(76-46-40-64-22-4-10-28-70(64)58-76)97-85(91)49-52-88-100(97)106-103-109(88)104-107-102-90(54-51-87-93(75-45-39-63-21-3-9-27-69(63)57-75)81-33-15-18-36-84(81)96(99(87)102)78-48-42-66-24-6-12-30-72(66)60-78)111(104)105-108-101-89(110(103)105)53-50-86-92(74-44-38-62-20-2-8-26-68(62)56-74)80-32-14-17-35-83(80)95(98(86)101)77-47-41-65-23-5-11-29-71(65)59-77/h1-60H. The molecular formula is C105H60N6. The highest BCUT2D eigenvalue weighted by molar-refractivity contribution is 6.32. The first kappa shape index (κ1) is 60.3. The molecule has 0 unspecified atom stereocenters. The van der Waals surface area contributed by atoms with Gasteiger partial charge in [-0.15, -0.1) is 0 Å². The summed E-state index contributed by atoms with van der Waals surface area (Å²) < 4.78 is 7.08. The topological polar surface area (TPSA) is 51.9 Å². The normalized spacial score (nSPS) is 12.3. The van der Waals surface area contributed by atoms with Crippen molar-refractivity contribution in [3.05, 3.63) is 364 Å². The Balaban J connectivity index is 0.904. The second-order valence-corrected chi connectivity index (χ2v) is 30.1. The molecule has 6 heteroatoms. The number of hydrogen-bond acceptors (Lipinski definition) is 3. The van der Waals surface area contributed by atoms with E-state index in [1.807, 2.05) is 0 Å². The molecule has 6 nitrogen and oxygen atoms in total. The summed E-state index contributed by atoms with van der Waals surface area (Å²) in [6, 6.07) is 135. The molecule has 111 heavy (non-hydrogen) atoms. The molecule has 0 saturated carbocycles. The number of hydrogen-bond donors (Lipinski definition) is 0. The largest absolute Gasteiger partial charge is 0.247 e. The molecule has 4 heterocycles. The van der Waals surface area contributed by atoms with E-state index in [0.29, 0.717) is 17.3 Å². The third kappa shape index (κ3) is 8.64. The van der Waals surface area contributed by atoms with Crippen LogP contribution in [0.1, 0.15) is 0 Å². The second-order valence-electron chi connectivity index (χ2n) is 30.1. The number of aromatic nitrogens is 6. The predicted octanol–water partition coefficient (Wildman–Crippen LogP) is 27.9. The average molecular weight is 1410 g/mol. The maximum atomic E-state index is 6.30. The fraction of sp³-hybridized carbons (Fsp3) is 0. The first-order valence-electron chi connectivity index (χ1n) is 38.2. The van der Waals surface area contributed by atoms with Crippen molar-refractivity contribution >= 4 is 180 Å². The van der Waals surface area contributed by atoms with Crippen molar-refractivity contribution in [2.24, 2.45) is 0 Å². The molecule has 0 radical (unpaired) electrons. The van der Waals surface area contributed by atoms with E-state index >= 15 is 0 Å². The van der Waals surface area contributed by atoms with E-state index in [4.69, 9.17) is 15.0 Å². The van der Waals surface area contributed by atoms with Crippen molar-refractivity contribution in [2.75, 3.05) is 0 Å². The Kier molecular flexibility index (Phi) is 12.4. The van der Waals surface area contributed by atoms with Crippen molar-refractivity contribution in [1.82, 2.24) is 28.2 Å². The first-order valence-corrected chi connectivity index (χ1v) is 38.2. The van der Waals surface area contributed by atoms with Crippen LogP contribution in [0.5, 0.6) is 0 Å². The summed E-state index contributed by atoms with van der Waals surface area (Å²) in [7, 11) is 0. The van der Waals surface area contributed by atoms with Gasteiger partial charge in [-0.2, -0.15) is 0 Å². The summed E-state index contributed by atoms with van der Waals surface area (Å²) in [5.74, 6) is 2.10. The van der Waals surface area contributed by atoms with Crippen molar-refractivity contribution in [2.45, 2.75) is 0 Å². The van der Waals surface area contributed by atoms with Crippen LogP contribution in [0.15, 0.2) is 364 Å². The minimum absolute atomic E-state index is 0.700. The number of nitrogens with zero attached hydrogens (tertiary/aromatic N) is 6. The van der Waals surface area contributed by atoms with Crippen LogP contribution in [0.3, 0.4) is 0 Å². The third-order valence-electron chi connectivity index (χ3n) is 24.2. The van der Waals surface area contributed by atoms with E-state index in [2.05, 4.69) is 377 Å². The maximum Gasteiger partial charge on any atom is 0.225 e. The van der Waals surface area contributed by atoms with E-state index in [1.54, 1.807) is 0 Å². The van der Waals surface area contributed by atoms with Crippen LogP contribution in [0, 0.1) is 0 Å². The molecule has 0 atom stereocenters. The monoisotopic (exact) mass is 1400 g/mol. The molecule has 25 rings (SSSR count). The lowest BCUT2D eigenvalue weighted by Crippen LogP contribution is -2.04. The van der Waals surface area contributed by atoms with E-state index in [0.717, 1.165) is 148 Å². The van der Waals surface area contributed by atoms with Gasteiger partial charge >= 0.3 is 0 Å². The van der Waals surface area contributed by atoms with Crippen molar-refractivity contribution in [1.29, 1.82) is 0 Å². The van der Waals surface area contributed by atoms with Gasteiger partial charge in [-0.3, -0.25) is 0 Å². The Bertz CT molecular complexity index is 7670. The van der Waals surface area contributed by atoms with Gasteiger partial charge in [-0.25, -0.2) is 28.2 Å². The quantitative estimate of drug-likeness (QED) is 0.156. The summed E-state index contributed by atoms with van der Waals surface area (Å²) in [4.78, 5) is 18.9. The van der Waals surface area contributed by atoms with Crippen LogP contribution in [-0.2, 0) is 0 Å². The molecule has 25 aromatic rings. The van der Waals surface area contributed by atoms with Gasteiger partial charge in [0.15, 0.2) is 0 Å². The van der Waals surface area contributed by atoms with Gasteiger partial charge in [-0.1, -0.05) is 309 Å². The second kappa shape index (κ2) is 22.8. The molecule has 0 fully saturated rings. The average Bonchev–Trinajstić information content (AvgIpc) is 1.32. The minimum Gasteiger partial charge on any atom is -0.247 e. The van der Waals surface area contributed by atoms with Crippen LogP contribution < -0.4 is 0 Å². The lowest BCUT2D eigenvalue weighted by molar-refractivity contribution is 1.01. The SMILES string of the molecule is c1ccc2cc(-c3c4ccccc4c(-c4ccc5ccccc5c4)c4c3ccc3c4nc4n3c3nc5c6c(-c7ccc8ccccc8c7)c7ccccc7c(-c7ccc8ccccc8c7)c6ccc5n3c3nc5c6c(-c7ccc8ccccc8c7)c7ccccc7c(-c7ccc8ccccc8c7)c6ccc5n43)ccc2c1. The molecule has 510 valence electrons. The van der Waals surface area contributed by atoms with Crippen LogP contribution in [0.2, 0.25) is 0 Å². The summed E-state index contributed by atoms with van der Waals surface area (Å²) in [6.45, 7) is 0. The molecule has 0 saturated heterocycles. The molecule has 0 aliphatic heterocycles. The zero-order valence-electron chi connectivity index (χ0n) is 59.8. The minimum atomic E-state index is 0.700. The van der Waals surface area contributed by atoms with Crippen LogP contribution >= 0.6 is 0 Å². The van der Waals surface area contributed by atoms with E-state index < -0.39 is 0 Å². The Labute approximate surface area is 634 Å². The molecular weight excluding hydrogens is 1350 g/mol. The third-order valence-corrected chi connectivity index (χ3v) is 24.2. The summed E-state index contributed by atoms with van der Waals surface area (Å²) in [5.41, 5.74) is 19.0. The van der Waals surface area contributed by atoms with Gasteiger partial charge in [0.1, 0.15) is 0 Å². The maximum absolute atomic E-state index is 6.30. The van der Waals surface area contributed by atoms with Crippen LogP contribution in [0.25, 0.3) is 246 Å². The van der Waals surface area contributed by atoms with Gasteiger partial charge in [0.05, 0.1) is 33.1 Å². The van der Waals surface area contributed by atoms with E-state index in [-0.39, 0.29) is 0 Å². The number of imidazole rings is 3. The highest BCUT2D eigenvalue weighted by Gasteiger charge is 2.30. The van der Waals surface area contributed by atoms with Crippen molar-refractivity contribution in [3.8, 4) is 66.8 Å². The molecule has 0 spiro atoms. The molecule has 0 aliphatic carbocycles. The molecule has 4 aromatic heterocycles. The molecule has 0 amide bonds. The number of benzene rings is 21. The van der Waals surface area contributed by atoms with Gasteiger partial charge in [-0.05, 0) is 234 Å². The summed E-state index contributed by atoms with van der Waals surface area (Å²) >= 11 is 0. The Morgan fingerprint density at radius 2 is 0.342 bits per heavy atom. The summed E-state index contributed by atoms with van der Waals surface area (Å²) in [6.07, 6.45) is 0. The fourth-order valence-corrected chi connectivity index (χ4v) is 19.3. The van der Waals surface area contributed by atoms with Gasteiger partial charge < -0.3 is 0 Å². The van der Waals surface area contributed by atoms with Gasteiger partial charge in [0.2, 0.25) is 17.3 Å². The van der Waals surface area contributed by atoms with E-state index in [9.17, 15) is 0 Å². The molecule has 0 bridgehead atoms. The number of rotatable bonds is 6. The van der Waals surface area contributed by atoms with Crippen LogP contribution in [0.4, 0.5) is 0 Å². The predicted molar refractivity (Wildman–Crippen MR) is 468 cm³/mol. The Hall–Kier alpha value is -14.9.